The molecule has 2 aliphatic heterocycles. The molecule has 2 aliphatic rings. The predicted molar refractivity (Wildman–Crippen MR) is 141 cm³/mol. The highest BCUT2D eigenvalue weighted by Crippen LogP contribution is 2.60. The van der Waals surface area contributed by atoms with Crippen molar-refractivity contribution < 1.29 is 14.3 Å². The summed E-state index contributed by atoms with van der Waals surface area (Å²) in [6.45, 7) is 7.04. The van der Waals surface area contributed by atoms with Crippen LogP contribution in [0.4, 0.5) is 5.69 Å². The third-order valence-corrected chi connectivity index (χ3v) is 8.49. The fourth-order valence-electron chi connectivity index (χ4n) is 4.98. The number of benzene rings is 3. The number of halogens is 1. The number of carbonyl (C=O) groups excluding carboxylic acids is 2. The number of thioether (sulfide) groups is 1. The van der Waals surface area contributed by atoms with Crippen molar-refractivity contribution in [2.45, 2.75) is 36.9 Å². The molecule has 1 spiro atoms. The Bertz CT molecular complexity index is 1320. The number of anilines is 1. The first kappa shape index (κ1) is 23.8. The van der Waals surface area contributed by atoms with Crippen LogP contribution in [-0.4, -0.2) is 35.1 Å². The molecule has 3 aromatic rings. The zero-order valence-corrected chi connectivity index (χ0v) is 21.7. The topological polar surface area (TPSA) is 49.9 Å². The molecule has 1 atom stereocenters. The van der Waals surface area contributed by atoms with E-state index in [2.05, 4.69) is 13.8 Å². The number of amides is 2. The van der Waals surface area contributed by atoms with Crippen molar-refractivity contribution in [1.82, 2.24) is 4.90 Å². The normalized spacial score (nSPS) is 20.4. The number of carbonyl (C=O) groups is 2. The van der Waals surface area contributed by atoms with Crippen molar-refractivity contribution in [3.63, 3.8) is 0 Å². The monoisotopic (exact) mass is 506 g/mol. The van der Waals surface area contributed by atoms with Gasteiger partial charge in [-0.2, -0.15) is 0 Å². The second kappa shape index (κ2) is 8.61. The second-order valence-electron chi connectivity index (χ2n) is 9.60. The zero-order chi connectivity index (χ0) is 25.0. The lowest BCUT2D eigenvalue weighted by atomic mass is 10.0. The Labute approximate surface area is 215 Å². The van der Waals surface area contributed by atoms with E-state index in [1.54, 1.807) is 47.2 Å². The van der Waals surface area contributed by atoms with Gasteiger partial charge in [0.1, 0.15) is 5.75 Å². The molecule has 180 valence electrons. The Hall–Kier alpha value is -2.96. The Kier molecular flexibility index (Phi) is 5.85. The highest BCUT2D eigenvalue weighted by atomic mass is 35.5. The number of rotatable bonds is 4. The number of methoxy groups -OCH3 is 1. The minimum Gasteiger partial charge on any atom is -0.497 e. The van der Waals surface area contributed by atoms with Gasteiger partial charge in [0.25, 0.3) is 11.8 Å². The fourth-order valence-corrected chi connectivity index (χ4v) is 6.87. The summed E-state index contributed by atoms with van der Waals surface area (Å²) in [5, 5.41) is 0.538. The molecule has 0 aromatic heterocycles. The van der Waals surface area contributed by atoms with Gasteiger partial charge in [0.2, 0.25) is 0 Å². The first-order chi connectivity index (χ1) is 16.7. The van der Waals surface area contributed by atoms with E-state index >= 15 is 0 Å². The average molecular weight is 507 g/mol. The molecule has 2 heterocycles. The Morgan fingerprint density at radius 3 is 2.49 bits per heavy atom. The number of hydrogen-bond donors (Lipinski definition) is 0. The predicted octanol–water partition coefficient (Wildman–Crippen LogP) is 6.02. The third kappa shape index (κ3) is 3.89. The summed E-state index contributed by atoms with van der Waals surface area (Å²) in [6, 6.07) is 20.6. The Morgan fingerprint density at radius 2 is 1.80 bits per heavy atom. The van der Waals surface area contributed by atoms with Crippen LogP contribution < -0.4 is 9.64 Å². The van der Waals surface area contributed by atoms with Crippen LogP contribution in [0.3, 0.4) is 0 Å². The van der Waals surface area contributed by atoms with E-state index in [0.717, 1.165) is 22.4 Å². The summed E-state index contributed by atoms with van der Waals surface area (Å²) >= 11 is 7.98. The first-order valence-corrected chi connectivity index (χ1v) is 12.7. The van der Waals surface area contributed by atoms with E-state index in [1.807, 2.05) is 43.3 Å². The lowest BCUT2D eigenvalue weighted by molar-refractivity contribution is -0.123. The molecule has 1 fully saturated rings. The smallest absolute Gasteiger partial charge is 0.268 e. The van der Waals surface area contributed by atoms with Crippen LogP contribution in [0.5, 0.6) is 5.75 Å². The van der Waals surface area contributed by atoms with Gasteiger partial charge in [0.05, 0.1) is 19.3 Å². The van der Waals surface area contributed by atoms with Crippen molar-refractivity contribution in [3.8, 4) is 5.75 Å². The van der Waals surface area contributed by atoms with Crippen LogP contribution in [0.25, 0.3) is 0 Å². The van der Waals surface area contributed by atoms with Gasteiger partial charge in [-0.25, -0.2) is 0 Å². The molecule has 0 bridgehead atoms. The van der Waals surface area contributed by atoms with Crippen molar-refractivity contribution in [2.24, 2.45) is 0 Å². The molecule has 2 amide bonds. The van der Waals surface area contributed by atoms with Crippen LogP contribution in [0.1, 0.15) is 40.9 Å². The van der Waals surface area contributed by atoms with Crippen molar-refractivity contribution in [1.29, 1.82) is 0 Å². The summed E-state index contributed by atoms with van der Waals surface area (Å²) in [6.07, 6.45) is 0. The maximum Gasteiger partial charge on any atom is 0.268 e. The minimum absolute atomic E-state index is 0.115. The number of aryl methyl sites for hydroxylation is 1. The molecular formula is C28H27ClN2O3S. The highest BCUT2D eigenvalue weighted by molar-refractivity contribution is 8.02. The van der Waals surface area contributed by atoms with E-state index in [0.29, 0.717) is 29.4 Å². The van der Waals surface area contributed by atoms with Gasteiger partial charge in [0.15, 0.2) is 4.87 Å². The molecule has 0 aliphatic carbocycles. The van der Waals surface area contributed by atoms with Gasteiger partial charge in [-0.05, 0) is 74.4 Å². The van der Waals surface area contributed by atoms with E-state index < -0.39 is 4.87 Å². The number of nitrogens with zero attached hydrogens (tertiary/aromatic N) is 2. The molecule has 0 saturated carbocycles. The molecule has 1 unspecified atom stereocenters. The third-order valence-electron chi connectivity index (χ3n) is 6.66. The Balaban J connectivity index is 1.64. The molecule has 35 heavy (non-hydrogen) atoms. The van der Waals surface area contributed by atoms with E-state index in [4.69, 9.17) is 16.3 Å². The molecule has 0 radical (unpaired) electrons. The zero-order valence-electron chi connectivity index (χ0n) is 20.2. The maximum absolute atomic E-state index is 14.4. The first-order valence-electron chi connectivity index (χ1n) is 11.5. The summed E-state index contributed by atoms with van der Waals surface area (Å²) in [4.78, 5) is 30.7. The molecule has 3 aromatic carbocycles. The number of hydrogen-bond acceptors (Lipinski definition) is 4. The molecule has 5 nitrogen and oxygen atoms in total. The lowest BCUT2D eigenvalue weighted by Crippen LogP contribution is -2.50. The summed E-state index contributed by atoms with van der Waals surface area (Å²) < 4.78 is 4.92. The second-order valence-corrected chi connectivity index (χ2v) is 11.9. The molecule has 7 heteroatoms. The van der Waals surface area contributed by atoms with E-state index in [9.17, 15) is 9.59 Å². The van der Waals surface area contributed by atoms with E-state index in [-0.39, 0.29) is 16.6 Å². The Morgan fingerprint density at radius 1 is 1.09 bits per heavy atom. The SMILES string of the molecule is COc1ccc(C(=O)N2CC(C)(C)SC23C(=O)N(Cc2ccccc2C)c2ccc(Cl)cc23)cc1. The maximum atomic E-state index is 14.4. The molecule has 0 N–H and O–H groups in total. The fraction of sp³-hybridized carbons (Fsp3) is 0.286. The summed E-state index contributed by atoms with van der Waals surface area (Å²) in [7, 11) is 1.59. The largest absolute Gasteiger partial charge is 0.497 e. The molecular weight excluding hydrogens is 480 g/mol. The molecule has 1 saturated heterocycles. The number of fused-ring (bicyclic) bond motifs is 2. The quantitative estimate of drug-likeness (QED) is 0.434. The van der Waals surface area contributed by atoms with Crippen LogP contribution in [0.15, 0.2) is 66.7 Å². The van der Waals surface area contributed by atoms with Crippen LogP contribution in [-0.2, 0) is 16.2 Å². The average Bonchev–Trinajstić information content (AvgIpc) is 3.25. The summed E-state index contributed by atoms with van der Waals surface area (Å²) in [5.74, 6) is 0.365. The molecule has 5 rings (SSSR count). The van der Waals surface area contributed by atoms with Crippen LogP contribution in [0.2, 0.25) is 5.02 Å². The highest BCUT2D eigenvalue weighted by Gasteiger charge is 2.63. The van der Waals surface area contributed by atoms with Gasteiger partial charge >= 0.3 is 0 Å². The van der Waals surface area contributed by atoms with Gasteiger partial charge in [-0.3, -0.25) is 9.59 Å². The van der Waals surface area contributed by atoms with Crippen molar-refractivity contribution >= 4 is 40.9 Å². The van der Waals surface area contributed by atoms with Gasteiger partial charge < -0.3 is 14.5 Å². The van der Waals surface area contributed by atoms with Crippen LogP contribution in [0, 0.1) is 6.92 Å². The lowest BCUT2D eigenvalue weighted by Gasteiger charge is -2.33. The van der Waals surface area contributed by atoms with Crippen LogP contribution >= 0.6 is 23.4 Å². The van der Waals surface area contributed by atoms with Crippen molar-refractivity contribution in [2.75, 3.05) is 18.6 Å². The van der Waals surface area contributed by atoms with Gasteiger partial charge in [-0.1, -0.05) is 35.9 Å². The standard InChI is InChI=1S/C28H27ClN2O3S/c1-18-7-5-6-8-20(18)16-30-24-14-11-21(29)15-23(24)28(26(30)33)31(17-27(2,3)35-28)25(32)19-9-12-22(34-4)13-10-19/h5-15H,16-17H2,1-4H3. The minimum atomic E-state index is -1.19. The van der Waals surface area contributed by atoms with Crippen molar-refractivity contribution in [3.05, 3.63) is 94.0 Å². The number of ether oxygens (including phenoxy) is 1. The van der Waals surface area contributed by atoms with Gasteiger partial charge in [0, 0.05) is 27.4 Å². The summed E-state index contributed by atoms with van der Waals surface area (Å²) in [5.41, 5.74) is 4.25. The van der Waals surface area contributed by atoms with E-state index in [1.165, 1.54) is 11.8 Å². The van der Waals surface area contributed by atoms with Gasteiger partial charge in [-0.15, -0.1) is 11.8 Å².